The molecule has 0 fully saturated rings. The minimum absolute atomic E-state index is 0. The molecule has 0 aliphatic rings. The number of rotatable bonds is 0. The van der Waals surface area contributed by atoms with E-state index in [1.807, 2.05) is 0 Å². The zero-order valence-corrected chi connectivity index (χ0v) is 8.95. The second-order valence-electron chi connectivity index (χ2n) is 1.52. The Morgan fingerprint density at radius 1 is 1.20 bits per heavy atom. The maximum absolute atomic E-state index is 5.54. The molecule has 2 N–H and O–H groups in total. The molecule has 0 saturated heterocycles. The summed E-state index contributed by atoms with van der Waals surface area (Å²) in [5.74, 6) is 0. The molecule has 0 saturated carbocycles. The SMILES string of the molecule is Nc1c(Cl)cncc1Cl.[Na]. The van der Waals surface area contributed by atoms with E-state index in [0.717, 1.165) is 0 Å². The Hall–Kier alpha value is 0.530. The summed E-state index contributed by atoms with van der Waals surface area (Å²) in [6.07, 6.45) is 2.89. The molecule has 0 aromatic carbocycles. The molecule has 1 aromatic heterocycles. The summed E-state index contributed by atoms with van der Waals surface area (Å²) in [7, 11) is 0. The summed E-state index contributed by atoms with van der Waals surface area (Å²) in [6.45, 7) is 0. The van der Waals surface area contributed by atoms with Crippen molar-refractivity contribution in [1.82, 2.24) is 4.98 Å². The largest absolute Gasteiger partial charge is 0.396 e. The van der Waals surface area contributed by atoms with Crippen molar-refractivity contribution < 1.29 is 0 Å². The van der Waals surface area contributed by atoms with Gasteiger partial charge in [-0.15, -0.1) is 0 Å². The molecular weight excluding hydrogens is 182 g/mol. The molecule has 0 bridgehead atoms. The van der Waals surface area contributed by atoms with Gasteiger partial charge in [0.2, 0.25) is 0 Å². The van der Waals surface area contributed by atoms with Gasteiger partial charge in [-0.1, -0.05) is 23.2 Å². The van der Waals surface area contributed by atoms with Crippen molar-refractivity contribution in [2.24, 2.45) is 0 Å². The summed E-state index contributed by atoms with van der Waals surface area (Å²) in [4.78, 5) is 3.70. The van der Waals surface area contributed by atoms with Crippen LogP contribution in [0.2, 0.25) is 10.0 Å². The van der Waals surface area contributed by atoms with Crippen LogP contribution >= 0.6 is 23.2 Å². The predicted molar refractivity (Wildman–Crippen MR) is 44.4 cm³/mol. The number of anilines is 1. The Morgan fingerprint density at radius 3 is 1.90 bits per heavy atom. The van der Waals surface area contributed by atoms with E-state index in [1.54, 1.807) is 0 Å². The van der Waals surface area contributed by atoms with Crippen LogP contribution in [0.5, 0.6) is 0 Å². The van der Waals surface area contributed by atoms with Crippen molar-refractivity contribution in [1.29, 1.82) is 0 Å². The molecule has 1 aromatic rings. The number of nitrogen functional groups attached to an aromatic ring is 1. The Balaban J connectivity index is 0.000000810. The molecule has 1 rings (SSSR count). The molecule has 0 aliphatic heterocycles. The van der Waals surface area contributed by atoms with Crippen LogP contribution in [0.25, 0.3) is 0 Å². The Kier molecular flexibility index (Phi) is 4.65. The molecule has 0 unspecified atom stereocenters. The van der Waals surface area contributed by atoms with E-state index in [-0.39, 0.29) is 29.6 Å². The van der Waals surface area contributed by atoms with E-state index in [4.69, 9.17) is 28.9 Å². The standard InChI is InChI=1S/C5H4Cl2N2.Na/c6-3-1-9-2-4(7)5(3)8;/h1-2H,(H2,8,9);. The van der Waals surface area contributed by atoms with Crippen molar-refractivity contribution in [2.45, 2.75) is 0 Å². The van der Waals surface area contributed by atoms with Crippen LogP contribution in [0.3, 0.4) is 0 Å². The van der Waals surface area contributed by atoms with Gasteiger partial charge in [0, 0.05) is 42.0 Å². The molecule has 0 aliphatic carbocycles. The number of aromatic nitrogens is 1. The van der Waals surface area contributed by atoms with Crippen LogP contribution in [0.4, 0.5) is 5.69 Å². The Morgan fingerprint density at radius 2 is 1.60 bits per heavy atom. The van der Waals surface area contributed by atoms with Gasteiger partial charge in [0.1, 0.15) is 0 Å². The number of halogens is 2. The van der Waals surface area contributed by atoms with Gasteiger partial charge >= 0.3 is 0 Å². The molecule has 0 spiro atoms. The minimum atomic E-state index is 0. The normalized spacial score (nSPS) is 8.60. The van der Waals surface area contributed by atoms with E-state index >= 15 is 0 Å². The van der Waals surface area contributed by atoms with Crippen molar-refractivity contribution in [3.05, 3.63) is 22.4 Å². The number of hydrogen-bond donors (Lipinski definition) is 1. The fourth-order valence-electron chi connectivity index (χ4n) is 0.421. The maximum atomic E-state index is 5.54. The van der Waals surface area contributed by atoms with Gasteiger partial charge in [0.15, 0.2) is 0 Å². The second-order valence-corrected chi connectivity index (χ2v) is 2.33. The summed E-state index contributed by atoms with van der Waals surface area (Å²) in [5, 5.41) is 0.782. The van der Waals surface area contributed by atoms with Crippen molar-refractivity contribution >= 4 is 58.4 Å². The van der Waals surface area contributed by atoms with Crippen LogP contribution < -0.4 is 5.73 Å². The van der Waals surface area contributed by atoms with Crippen LogP contribution in [0.15, 0.2) is 12.4 Å². The van der Waals surface area contributed by atoms with Gasteiger partial charge in [-0.25, -0.2) is 0 Å². The summed E-state index contributed by atoms with van der Waals surface area (Å²) >= 11 is 11.1. The van der Waals surface area contributed by atoms with E-state index in [1.165, 1.54) is 12.4 Å². The minimum Gasteiger partial charge on any atom is -0.396 e. The van der Waals surface area contributed by atoms with Gasteiger partial charge in [0.25, 0.3) is 0 Å². The molecule has 0 atom stereocenters. The average Bonchev–Trinajstić information content (AvgIpc) is 1.83. The Bertz CT molecular complexity index is 209. The first-order valence-corrected chi connectivity index (χ1v) is 3.02. The zero-order chi connectivity index (χ0) is 6.85. The number of pyridine rings is 1. The van der Waals surface area contributed by atoms with Crippen molar-refractivity contribution in [3.8, 4) is 0 Å². The molecule has 5 heteroatoms. The summed E-state index contributed by atoms with van der Waals surface area (Å²) < 4.78 is 0. The summed E-state index contributed by atoms with van der Waals surface area (Å²) in [6, 6.07) is 0. The molecule has 2 nitrogen and oxygen atoms in total. The zero-order valence-electron chi connectivity index (χ0n) is 5.44. The third-order valence-corrected chi connectivity index (χ3v) is 1.49. The molecule has 10 heavy (non-hydrogen) atoms. The van der Waals surface area contributed by atoms with E-state index in [2.05, 4.69) is 4.98 Å². The van der Waals surface area contributed by atoms with Crippen LogP contribution in [-0.4, -0.2) is 34.5 Å². The fourth-order valence-corrected chi connectivity index (χ4v) is 0.786. The fraction of sp³-hybridized carbons (Fsp3) is 0. The number of hydrogen-bond acceptors (Lipinski definition) is 2. The monoisotopic (exact) mass is 185 g/mol. The van der Waals surface area contributed by atoms with E-state index in [9.17, 15) is 0 Å². The average molecular weight is 186 g/mol. The number of nitrogens with zero attached hydrogens (tertiary/aromatic N) is 1. The first-order valence-electron chi connectivity index (χ1n) is 2.26. The van der Waals surface area contributed by atoms with Crippen LogP contribution in [0, 0.1) is 0 Å². The van der Waals surface area contributed by atoms with E-state index < -0.39 is 0 Å². The van der Waals surface area contributed by atoms with Gasteiger partial charge in [-0.2, -0.15) is 0 Å². The number of nitrogens with two attached hydrogens (primary N) is 1. The quantitative estimate of drug-likeness (QED) is 0.624. The second kappa shape index (κ2) is 4.42. The van der Waals surface area contributed by atoms with Gasteiger partial charge in [-0.05, 0) is 0 Å². The van der Waals surface area contributed by atoms with Crippen molar-refractivity contribution in [2.75, 3.05) is 5.73 Å². The van der Waals surface area contributed by atoms with Gasteiger partial charge < -0.3 is 5.73 Å². The third kappa shape index (κ3) is 2.29. The molecule has 49 valence electrons. The molecule has 1 radical (unpaired) electrons. The Labute approximate surface area is 91.0 Å². The van der Waals surface area contributed by atoms with Crippen LogP contribution in [0.1, 0.15) is 0 Å². The topological polar surface area (TPSA) is 38.9 Å². The predicted octanol–water partition coefficient (Wildman–Crippen LogP) is 1.59. The summed E-state index contributed by atoms with van der Waals surface area (Å²) in [5.41, 5.74) is 5.76. The maximum Gasteiger partial charge on any atom is 0.0833 e. The smallest absolute Gasteiger partial charge is 0.0833 e. The molecule has 0 amide bonds. The first kappa shape index (κ1) is 10.5. The van der Waals surface area contributed by atoms with Crippen molar-refractivity contribution in [3.63, 3.8) is 0 Å². The molecule has 1 heterocycles. The van der Waals surface area contributed by atoms with E-state index in [0.29, 0.717) is 15.7 Å². The third-order valence-electron chi connectivity index (χ3n) is 0.890. The first-order chi connectivity index (χ1) is 4.22. The van der Waals surface area contributed by atoms with Gasteiger partial charge in [0.05, 0.1) is 15.7 Å². The molecular formula is C5H4Cl2N2Na. The van der Waals surface area contributed by atoms with Gasteiger partial charge in [-0.3, -0.25) is 4.98 Å². The van der Waals surface area contributed by atoms with Crippen LogP contribution in [-0.2, 0) is 0 Å².